The standard InChI is InChI=1S/C10H21N3O2/c1-8(2)7-13(4)9(14)5-6-12-10(15)11-3/h8H,5-7H2,1-4H3,(H2,11,12,15). The molecule has 0 unspecified atom stereocenters. The zero-order chi connectivity index (χ0) is 11.8. The van der Waals surface area contributed by atoms with Crippen LogP contribution in [0.2, 0.25) is 0 Å². The molecule has 0 aromatic heterocycles. The zero-order valence-corrected chi connectivity index (χ0v) is 9.96. The Labute approximate surface area is 91.2 Å². The summed E-state index contributed by atoms with van der Waals surface area (Å²) in [5.74, 6) is 0.519. The van der Waals surface area contributed by atoms with E-state index in [4.69, 9.17) is 0 Å². The SMILES string of the molecule is CNC(=O)NCCC(=O)N(C)CC(C)C. The Morgan fingerprint density at radius 1 is 1.33 bits per heavy atom. The Morgan fingerprint density at radius 2 is 1.93 bits per heavy atom. The van der Waals surface area contributed by atoms with Crippen LogP contribution in [0.25, 0.3) is 0 Å². The van der Waals surface area contributed by atoms with Gasteiger partial charge < -0.3 is 15.5 Å². The molecule has 0 aliphatic carbocycles. The van der Waals surface area contributed by atoms with E-state index in [-0.39, 0.29) is 11.9 Å². The summed E-state index contributed by atoms with van der Waals surface area (Å²) in [5, 5.41) is 5.00. The third kappa shape index (κ3) is 6.76. The first-order valence-corrected chi connectivity index (χ1v) is 5.17. The van der Waals surface area contributed by atoms with Crippen molar-refractivity contribution in [1.29, 1.82) is 0 Å². The van der Waals surface area contributed by atoms with E-state index in [0.29, 0.717) is 18.9 Å². The largest absolute Gasteiger partial charge is 0.345 e. The highest BCUT2D eigenvalue weighted by Gasteiger charge is 2.09. The van der Waals surface area contributed by atoms with Gasteiger partial charge in [0.15, 0.2) is 0 Å². The molecule has 88 valence electrons. The lowest BCUT2D eigenvalue weighted by molar-refractivity contribution is -0.130. The molecule has 0 spiro atoms. The van der Waals surface area contributed by atoms with Gasteiger partial charge in [-0.15, -0.1) is 0 Å². The van der Waals surface area contributed by atoms with Gasteiger partial charge in [0.25, 0.3) is 0 Å². The van der Waals surface area contributed by atoms with E-state index in [1.165, 1.54) is 0 Å². The van der Waals surface area contributed by atoms with Crippen LogP contribution < -0.4 is 10.6 Å². The maximum atomic E-state index is 11.5. The average molecular weight is 215 g/mol. The molecule has 0 aliphatic rings. The number of nitrogens with one attached hydrogen (secondary N) is 2. The summed E-state index contributed by atoms with van der Waals surface area (Å²) < 4.78 is 0. The number of carbonyl (C=O) groups excluding carboxylic acids is 2. The first kappa shape index (κ1) is 13.7. The van der Waals surface area contributed by atoms with Gasteiger partial charge in [0, 0.05) is 33.6 Å². The van der Waals surface area contributed by atoms with Crippen molar-refractivity contribution in [2.75, 3.05) is 27.2 Å². The van der Waals surface area contributed by atoms with E-state index in [9.17, 15) is 9.59 Å². The predicted molar refractivity (Wildman–Crippen MR) is 59.6 cm³/mol. The lowest BCUT2D eigenvalue weighted by Crippen LogP contribution is -2.37. The topological polar surface area (TPSA) is 61.4 Å². The fourth-order valence-corrected chi connectivity index (χ4v) is 1.21. The summed E-state index contributed by atoms with van der Waals surface area (Å²) in [6.45, 7) is 5.25. The molecule has 0 radical (unpaired) electrons. The lowest BCUT2D eigenvalue weighted by Gasteiger charge is -2.19. The van der Waals surface area contributed by atoms with Crippen LogP contribution in [-0.4, -0.2) is 44.0 Å². The van der Waals surface area contributed by atoms with E-state index in [2.05, 4.69) is 24.5 Å². The molecule has 0 fully saturated rings. The monoisotopic (exact) mass is 215 g/mol. The Bertz CT molecular complexity index is 217. The molecule has 0 aromatic carbocycles. The first-order valence-electron chi connectivity index (χ1n) is 5.17. The van der Waals surface area contributed by atoms with E-state index in [1.54, 1.807) is 19.0 Å². The van der Waals surface area contributed by atoms with Crippen molar-refractivity contribution in [1.82, 2.24) is 15.5 Å². The molecule has 0 aromatic rings. The second kappa shape index (κ2) is 7.09. The van der Waals surface area contributed by atoms with Gasteiger partial charge in [-0.05, 0) is 5.92 Å². The van der Waals surface area contributed by atoms with Crippen molar-refractivity contribution >= 4 is 11.9 Å². The van der Waals surface area contributed by atoms with Crippen molar-refractivity contribution in [3.63, 3.8) is 0 Å². The molecule has 0 bridgehead atoms. The van der Waals surface area contributed by atoms with Gasteiger partial charge >= 0.3 is 6.03 Å². The minimum absolute atomic E-state index is 0.0557. The van der Waals surface area contributed by atoms with E-state index < -0.39 is 0 Å². The van der Waals surface area contributed by atoms with E-state index in [1.807, 2.05) is 0 Å². The molecule has 0 heterocycles. The van der Waals surface area contributed by atoms with Gasteiger partial charge in [0.05, 0.1) is 0 Å². The van der Waals surface area contributed by atoms with Gasteiger partial charge in [-0.3, -0.25) is 4.79 Å². The van der Waals surface area contributed by atoms with E-state index in [0.717, 1.165) is 6.54 Å². The molecule has 0 saturated heterocycles. The quantitative estimate of drug-likeness (QED) is 0.698. The van der Waals surface area contributed by atoms with Gasteiger partial charge in [0.2, 0.25) is 5.91 Å². The van der Waals surface area contributed by atoms with Gasteiger partial charge in [-0.25, -0.2) is 4.79 Å². The van der Waals surface area contributed by atoms with Crippen molar-refractivity contribution in [3.05, 3.63) is 0 Å². The van der Waals surface area contributed by atoms with E-state index >= 15 is 0 Å². The Balaban J connectivity index is 3.69. The van der Waals surface area contributed by atoms with Crippen LogP contribution in [0.1, 0.15) is 20.3 Å². The minimum atomic E-state index is -0.255. The summed E-state index contributed by atoms with van der Waals surface area (Å²) in [7, 11) is 3.32. The summed E-state index contributed by atoms with van der Waals surface area (Å²) >= 11 is 0. The number of hydrogen-bond donors (Lipinski definition) is 2. The maximum absolute atomic E-state index is 11.5. The van der Waals surface area contributed by atoms with Crippen LogP contribution in [-0.2, 0) is 4.79 Å². The highest BCUT2D eigenvalue weighted by Crippen LogP contribution is 1.97. The molecule has 2 N–H and O–H groups in total. The third-order valence-electron chi connectivity index (χ3n) is 1.92. The predicted octanol–water partition coefficient (Wildman–Crippen LogP) is 0.420. The van der Waals surface area contributed by atoms with Crippen molar-refractivity contribution in [2.45, 2.75) is 20.3 Å². The van der Waals surface area contributed by atoms with Crippen molar-refractivity contribution in [2.24, 2.45) is 5.92 Å². The third-order valence-corrected chi connectivity index (χ3v) is 1.92. The molecule has 0 aliphatic heterocycles. The second-order valence-corrected chi connectivity index (χ2v) is 3.92. The fraction of sp³-hybridized carbons (Fsp3) is 0.800. The summed E-state index contributed by atoms with van der Waals surface area (Å²) in [4.78, 5) is 24.0. The molecule has 0 rings (SSSR count). The van der Waals surface area contributed by atoms with Gasteiger partial charge in [0.1, 0.15) is 0 Å². The molecule has 0 saturated carbocycles. The molecule has 5 heteroatoms. The normalized spacial score (nSPS) is 9.93. The van der Waals surface area contributed by atoms with Crippen LogP contribution >= 0.6 is 0 Å². The van der Waals surface area contributed by atoms with Crippen LogP contribution in [0.5, 0.6) is 0 Å². The number of rotatable bonds is 5. The van der Waals surface area contributed by atoms with Crippen molar-refractivity contribution in [3.8, 4) is 0 Å². The molecular formula is C10H21N3O2. The second-order valence-electron chi connectivity index (χ2n) is 3.92. The summed E-state index contributed by atoms with van der Waals surface area (Å²) in [6, 6.07) is -0.255. The molecule has 5 nitrogen and oxygen atoms in total. The summed E-state index contributed by atoms with van der Waals surface area (Å²) in [5.41, 5.74) is 0. The van der Waals surface area contributed by atoms with Crippen LogP contribution in [0.15, 0.2) is 0 Å². The van der Waals surface area contributed by atoms with Crippen LogP contribution in [0.4, 0.5) is 4.79 Å². The molecule has 15 heavy (non-hydrogen) atoms. The molecule has 0 atom stereocenters. The van der Waals surface area contributed by atoms with Crippen LogP contribution in [0, 0.1) is 5.92 Å². The zero-order valence-electron chi connectivity index (χ0n) is 9.96. The maximum Gasteiger partial charge on any atom is 0.314 e. The summed E-state index contributed by atoms with van der Waals surface area (Å²) in [6.07, 6.45) is 0.344. The fourth-order valence-electron chi connectivity index (χ4n) is 1.21. The Hall–Kier alpha value is -1.26. The van der Waals surface area contributed by atoms with Gasteiger partial charge in [-0.2, -0.15) is 0 Å². The highest BCUT2D eigenvalue weighted by atomic mass is 16.2. The average Bonchev–Trinajstić information content (AvgIpc) is 2.16. The highest BCUT2D eigenvalue weighted by molar-refractivity contribution is 5.77. The Kier molecular flexibility index (Phi) is 6.49. The van der Waals surface area contributed by atoms with Crippen LogP contribution in [0.3, 0.4) is 0 Å². The lowest BCUT2D eigenvalue weighted by atomic mass is 10.2. The minimum Gasteiger partial charge on any atom is -0.345 e. The number of urea groups is 1. The smallest absolute Gasteiger partial charge is 0.314 e. The first-order chi connectivity index (χ1) is 6.97. The molecular weight excluding hydrogens is 194 g/mol. The number of hydrogen-bond acceptors (Lipinski definition) is 2. The Morgan fingerprint density at radius 3 is 2.40 bits per heavy atom. The van der Waals surface area contributed by atoms with Crippen molar-refractivity contribution < 1.29 is 9.59 Å². The number of amides is 3. The molecule has 3 amide bonds. The number of carbonyl (C=O) groups is 2. The van der Waals surface area contributed by atoms with Gasteiger partial charge in [-0.1, -0.05) is 13.8 Å². The number of nitrogens with zero attached hydrogens (tertiary/aromatic N) is 1.